The summed E-state index contributed by atoms with van der Waals surface area (Å²) in [5.41, 5.74) is 0. The Labute approximate surface area is 142 Å². The first-order valence-electron chi connectivity index (χ1n) is 8.21. The molecular formula is C18H22N2O3S. The lowest BCUT2D eigenvalue weighted by Crippen LogP contribution is -2.41. The molecule has 0 aliphatic heterocycles. The van der Waals surface area contributed by atoms with Gasteiger partial charge >= 0.3 is 0 Å². The lowest BCUT2D eigenvalue weighted by atomic mass is 10.1. The second-order valence-electron chi connectivity index (χ2n) is 6.32. The fourth-order valence-corrected chi connectivity index (χ4v) is 4.30. The molecule has 0 saturated heterocycles. The molecule has 2 aromatic rings. The van der Waals surface area contributed by atoms with Crippen LogP contribution in [0.2, 0.25) is 0 Å². The molecule has 0 spiro atoms. The van der Waals surface area contributed by atoms with Crippen LogP contribution in [0.3, 0.4) is 0 Å². The topological polar surface area (TPSA) is 66.5 Å². The zero-order valence-electron chi connectivity index (χ0n) is 13.7. The fourth-order valence-electron chi connectivity index (χ4n) is 3.14. The van der Waals surface area contributed by atoms with Gasteiger partial charge in [-0.25, -0.2) is 8.42 Å². The van der Waals surface area contributed by atoms with Crippen molar-refractivity contribution in [1.29, 1.82) is 0 Å². The van der Waals surface area contributed by atoms with E-state index in [4.69, 9.17) is 0 Å². The maximum Gasteiger partial charge on any atom is 0.243 e. The Bertz CT molecular complexity index is 842. The predicted molar refractivity (Wildman–Crippen MR) is 94.2 cm³/mol. The van der Waals surface area contributed by atoms with E-state index >= 15 is 0 Å². The highest BCUT2D eigenvalue weighted by Crippen LogP contribution is 2.21. The third-order valence-corrected chi connectivity index (χ3v) is 6.32. The summed E-state index contributed by atoms with van der Waals surface area (Å²) in [5, 5.41) is 4.77. The van der Waals surface area contributed by atoms with E-state index in [1.807, 2.05) is 24.3 Å². The number of amides is 1. The summed E-state index contributed by atoms with van der Waals surface area (Å²) in [6, 6.07) is 12.8. The molecule has 2 aromatic carbocycles. The first-order valence-corrected chi connectivity index (χ1v) is 9.65. The van der Waals surface area contributed by atoms with Crippen molar-refractivity contribution in [3.63, 3.8) is 0 Å². The van der Waals surface area contributed by atoms with Crippen molar-refractivity contribution in [2.45, 2.75) is 36.6 Å². The van der Waals surface area contributed by atoms with E-state index in [1.54, 1.807) is 18.2 Å². The molecule has 1 fully saturated rings. The molecule has 1 aliphatic carbocycles. The minimum atomic E-state index is -3.69. The number of carbonyl (C=O) groups is 1. The van der Waals surface area contributed by atoms with Gasteiger partial charge in [-0.15, -0.1) is 0 Å². The zero-order chi connectivity index (χ0) is 17.2. The maximum absolute atomic E-state index is 12.7. The molecule has 1 amide bonds. The Morgan fingerprint density at radius 3 is 2.50 bits per heavy atom. The third-order valence-electron chi connectivity index (χ3n) is 4.52. The number of sulfonamides is 1. The van der Waals surface area contributed by atoms with E-state index in [9.17, 15) is 13.2 Å². The van der Waals surface area contributed by atoms with E-state index in [0.717, 1.165) is 40.8 Å². The van der Waals surface area contributed by atoms with Gasteiger partial charge in [0.1, 0.15) is 0 Å². The molecule has 0 heterocycles. The molecule has 0 unspecified atom stereocenters. The number of carbonyl (C=O) groups excluding carboxylic acids is 1. The standard InChI is InChI=1S/C18H22N2O3S/c1-20(13-18(21)19-16-8-4-5-9-16)24(22,23)17-11-10-14-6-2-3-7-15(14)12-17/h2-3,6-7,10-12,16H,4-5,8-9,13H2,1H3,(H,19,21). The number of rotatable bonds is 5. The number of nitrogens with zero attached hydrogens (tertiary/aromatic N) is 1. The first-order chi connectivity index (χ1) is 11.5. The highest BCUT2D eigenvalue weighted by Gasteiger charge is 2.25. The van der Waals surface area contributed by atoms with Gasteiger partial charge in [0.25, 0.3) is 0 Å². The van der Waals surface area contributed by atoms with Gasteiger partial charge in [0, 0.05) is 13.1 Å². The van der Waals surface area contributed by atoms with E-state index in [-0.39, 0.29) is 23.4 Å². The monoisotopic (exact) mass is 346 g/mol. The zero-order valence-corrected chi connectivity index (χ0v) is 14.6. The molecule has 3 rings (SSSR count). The Balaban J connectivity index is 1.73. The molecule has 6 heteroatoms. The van der Waals surface area contributed by atoms with Crippen molar-refractivity contribution in [3.8, 4) is 0 Å². The Kier molecular flexibility index (Phi) is 4.87. The largest absolute Gasteiger partial charge is 0.352 e. The van der Waals surface area contributed by atoms with Crippen molar-refractivity contribution in [2.24, 2.45) is 0 Å². The van der Waals surface area contributed by atoms with E-state index in [1.165, 1.54) is 7.05 Å². The van der Waals surface area contributed by atoms with Gasteiger partial charge in [-0.2, -0.15) is 4.31 Å². The number of hydrogen-bond donors (Lipinski definition) is 1. The predicted octanol–water partition coefficient (Wildman–Crippen LogP) is 2.52. The van der Waals surface area contributed by atoms with Gasteiger partial charge in [-0.05, 0) is 35.7 Å². The average Bonchev–Trinajstić information content (AvgIpc) is 3.07. The van der Waals surface area contributed by atoms with E-state index in [2.05, 4.69) is 5.32 Å². The first kappa shape index (κ1) is 16.9. The van der Waals surface area contributed by atoms with Crippen LogP contribution in [0.1, 0.15) is 25.7 Å². The van der Waals surface area contributed by atoms with Crippen LogP contribution >= 0.6 is 0 Å². The minimum Gasteiger partial charge on any atom is -0.352 e. The summed E-state index contributed by atoms with van der Waals surface area (Å²) in [6.07, 6.45) is 4.20. The molecule has 24 heavy (non-hydrogen) atoms. The van der Waals surface area contributed by atoms with Crippen LogP contribution in [0.15, 0.2) is 47.4 Å². The smallest absolute Gasteiger partial charge is 0.243 e. The van der Waals surface area contributed by atoms with Crippen molar-refractivity contribution >= 4 is 26.7 Å². The number of benzene rings is 2. The van der Waals surface area contributed by atoms with Crippen LogP contribution in [0.5, 0.6) is 0 Å². The summed E-state index contributed by atoms with van der Waals surface area (Å²) >= 11 is 0. The van der Waals surface area contributed by atoms with Crippen LogP contribution in [0.4, 0.5) is 0 Å². The highest BCUT2D eigenvalue weighted by atomic mass is 32.2. The van der Waals surface area contributed by atoms with Crippen molar-refractivity contribution in [1.82, 2.24) is 9.62 Å². The summed E-state index contributed by atoms with van der Waals surface area (Å²) in [6.45, 7) is -0.161. The highest BCUT2D eigenvalue weighted by molar-refractivity contribution is 7.89. The summed E-state index contributed by atoms with van der Waals surface area (Å²) < 4.78 is 26.5. The van der Waals surface area contributed by atoms with Crippen LogP contribution in [0.25, 0.3) is 10.8 Å². The number of hydrogen-bond acceptors (Lipinski definition) is 3. The third kappa shape index (κ3) is 3.60. The SMILES string of the molecule is CN(CC(=O)NC1CCCC1)S(=O)(=O)c1ccc2ccccc2c1. The van der Waals surface area contributed by atoms with Gasteiger partial charge in [-0.1, -0.05) is 43.2 Å². The second-order valence-corrected chi connectivity index (χ2v) is 8.36. The Morgan fingerprint density at radius 2 is 1.79 bits per heavy atom. The van der Waals surface area contributed by atoms with Crippen LogP contribution < -0.4 is 5.32 Å². The van der Waals surface area contributed by atoms with Crippen molar-refractivity contribution in [3.05, 3.63) is 42.5 Å². The Morgan fingerprint density at radius 1 is 1.12 bits per heavy atom. The Hall–Kier alpha value is -1.92. The van der Waals surface area contributed by atoms with Crippen molar-refractivity contribution in [2.75, 3.05) is 13.6 Å². The van der Waals surface area contributed by atoms with Crippen molar-refractivity contribution < 1.29 is 13.2 Å². The van der Waals surface area contributed by atoms with Gasteiger partial charge in [0.05, 0.1) is 11.4 Å². The van der Waals surface area contributed by atoms with E-state index in [0.29, 0.717) is 0 Å². The second kappa shape index (κ2) is 6.91. The summed E-state index contributed by atoms with van der Waals surface area (Å²) in [4.78, 5) is 12.3. The summed E-state index contributed by atoms with van der Waals surface area (Å²) in [5.74, 6) is -0.242. The van der Waals surface area contributed by atoms with Gasteiger partial charge in [0.2, 0.25) is 15.9 Å². The fraction of sp³-hybridized carbons (Fsp3) is 0.389. The van der Waals surface area contributed by atoms with Crippen LogP contribution in [-0.4, -0.2) is 38.3 Å². The quantitative estimate of drug-likeness (QED) is 0.905. The van der Waals surface area contributed by atoms with Gasteiger partial charge < -0.3 is 5.32 Å². The molecule has 1 N–H and O–H groups in total. The molecule has 128 valence electrons. The van der Waals surface area contributed by atoms with Crippen LogP contribution in [0, 0.1) is 0 Å². The number of likely N-dealkylation sites (N-methyl/N-ethyl adjacent to an activating group) is 1. The lowest BCUT2D eigenvalue weighted by molar-refractivity contribution is -0.121. The average molecular weight is 346 g/mol. The molecule has 5 nitrogen and oxygen atoms in total. The van der Waals surface area contributed by atoms with E-state index < -0.39 is 10.0 Å². The lowest BCUT2D eigenvalue weighted by Gasteiger charge is -2.19. The molecule has 1 aliphatic rings. The normalized spacial score (nSPS) is 15.9. The maximum atomic E-state index is 12.7. The number of fused-ring (bicyclic) bond motifs is 1. The molecule has 1 saturated carbocycles. The molecule has 0 radical (unpaired) electrons. The molecule has 0 bridgehead atoms. The van der Waals surface area contributed by atoms with Gasteiger partial charge in [-0.3, -0.25) is 4.79 Å². The van der Waals surface area contributed by atoms with Gasteiger partial charge in [0.15, 0.2) is 0 Å². The number of nitrogens with one attached hydrogen (secondary N) is 1. The van der Waals surface area contributed by atoms with Crippen LogP contribution in [-0.2, 0) is 14.8 Å². The summed E-state index contributed by atoms with van der Waals surface area (Å²) in [7, 11) is -2.24. The molecular weight excluding hydrogens is 324 g/mol. The molecule has 0 atom stereocenters. The minimum absolute atomic E-state index is 0.161. The molecule has 0 aromatic heterocycles.